The van der Waals surface area contributed by atoms with E-state index >= 15 is 0 Å². The summed E-state index contributed by atoms with van der Waals surface area (Å²) in [6.45, 7) is -0.380. The average Bonchev–Trinajstić information content (AvgIpc) is 3.41. The molecule has 0 saturated carbocycles. The van der Waals surface area contributed by atoms with Crippen LogP contribution in [0, 0.1) is 11.3 Å². The second kappa shape index (κ2) is 6.66. The molecular weight excluding hydrogens is 398 g/mol. The zero-order valence-corrected chi connectivity index (χ0v) is 15.7. The molecule has 2 aliphatic rings. The number of nitrogens with zero attached hydrogens (tertiary/aromatic N) is 4. The molecule has 3 aromatic rings. The summed E-state index contributed by atoms with van der Waals surface area (Å²) in [6, 6.07) is 10.6. The van der Waals surface area contributed by atoms with E-state index in [1.165, 1.54) is 16.9 Å². The van der Waals surface area contributed by atoms with Crippen molar-refractivity contribution in [1.82, 2.24) is 14.6 Å². The lowest BCUT2D eigenvalue weighted by Gasteiger charge is -2.26. The van der Waals surface area contributed by atoms with Gasteiger partial charge in [-0.2, -0.15) is 10.4 Å². The highest BCUT2D eigenvalue weighted by Gasteiger charge is 2.63. The fourth-order valence-corrected chi connectivity index (χ4v) is 3.98. The standard InChI is InChI=1S/C19H16ClN5O4/c20-11-3-1-10(2-4-11)18-27-15-13(7-26)29-19(8-21,16(15)28-18)14-6-5-12-17(22)23-9-24-25(12)14/h1-6,9,13,15-16,18,26H,7H2,(H2,22,23,24)/t13-,15-,16-,18?,19+/m1/s1/i5D. The number of rotatable bonds is 3. The topological polar surface area (TPSA) is 128 Å². The third kappa shape index (κ3) is 2.62. The fourth-order valence-electron chi connectivity index (χ4n) is 3.86. The summed E-state index contributed by atoms with van der Waals surface area (Å²) < 4.78 is 27.7. The molecule has 1 aromatic carbocycles. The Hall–Kier alpha value is -2.74. The second-order valence-corrected chi connectivity index (χ2v) is 7.24. The van der Waals surface area contributed by atoms with Crippen molar-refractivity contribution in [1.29, 1.82) is 5.26 Å². The van der Waals surface area contributed by atoms with Crippen LogP contribution in [-0.4, -0.2) is 44.6 Å². The first-order valence-electron chi connectivity index (χ1n) is 9.34. The van der Waals surface area contributed by atoms with Gasteiger partial charge in [0.2, 0.25) is 5.60 Å². The second-order valence-electron chi connectivity index (χ2n) is 6.81. The highest BCUT2D eigenvalue weighted by atomic mass is 35.5. The fraction of sp³-hybridized carbons (Fsp3) is 0.316. The minimum Gasteiger partial charge on any atom is -0.394 e. The number of nitrogen functional groups attached to an aromatic ring is 1. The summed E-state index contributed by atoms with van der Waals surface area (Å²) >= 11 is 5.96. The molecule has 0 bridgehead atoms. The first-order valence-corrected chi connectivity index (χ1v) is 9.22. The molecule has 4 heterocycles. The summed E-state index contributed by atoms with van der Waals surface area (Å²) in [5, 5.41) is 24.8. The van der Waals surface area contributed by atoms with Crippen LogP contribution < -0.4 is 5.73 Å². The predicted octanol–water partition coefficient (Wildman–Crippen LogP) is 1.56. The van der Waals surface area contributed by atoms with Crippen molar-refractivity contribution < 1.29 is 20.7 Å². The van der Waals surface area contributed by atoms with Crippen LogP contribution in [0.4, 0.5) is 5.82 Å². The maximum absolute atomic E-state index is 10.2. The lowest BCUT2D eigenvalue weighted by Crippen LogP contribution is -2.39. The molecule has 10 heteroatoms. The molecular formula is C19H16ClN5O4. The molecule has 5 atom stereocenters. The van der Waals surface area contributed by atoms with Crippen molar-refractivity contribution in [3.05, 3.63) is 59.0 Å². The highest BCUT2D eigenvalue weighted by Crippen LogP contribution is 2.49. The van der Waals surface area contributed by atoms with E-state index in [0.717, 1.165) is 0 Å². The number of aliphatic hydroxyl groups is 1. The van der Waals surface area contributed by atoms with Gasteiger partial charge >= 0.3 is 0 Å². The van der Waals surface area contributed by atoms with Crippen LogP contribution in [0.1, 0.15) is 18.9 Å². The lowest BCUT2D eigenvalue weighted by molar-refractivity contribution is -0.160. The van der Waals surface area contributed by atoms with Crippen LogP contribution in [0.2, 0.25) is 5.02 Å². The SMILES string of the molecule is [2H]c1cc([C@]2(C#N)O[C@H](CO)[C@H]3OC(c4ccc(Cl)cc4)O[C@H]32)n2ncnc(N)c12. The third-order valence-electron chi connectivity index (χ3n) is 5.21. The van der Waals surface area contributed by atoms with Crippen LogP contribution in [0.5, 0.6) is 0 Å². The number of anilines is 1. The Labute approximate surface area is 171 Å². The van der Waals surface area contributed by atoms with Gasteiger partial charge in [-0.3, -0.25) is 0 Å². The normalized spacial score (nSPS) is 31.6. The first kappa shape index (κ1) is 17.1. The predicted molar refractivity (Wildman–Crippen MR) is 101 cm³/mol. The number of hydrogen-bond donors (Lipinski definition) is 2. The van der Waals surface area contributed by atoms with Crippen LogP contribution in [0.15, 0.2) is 42.7 Å². The van der Waals surface area contributed by atoms with Gasteiger partial charge in [-0.1, -0.05) is 23.7 Å². The summed E-state index contributed by atoms with van der Waals surface area (Å²) in [6.07, 6.45) is -1.95. The molecule has 29 heavy (non-hydrogen) atoms. The number of ether oxygens (including phenoxy) is 3. The van der Waals surface area contributed by atoms with Crippen LogP contribution >= 0.6 is 11.6 Å². The van der Waals surface area contributed by atoms with E-state index in [1.54, 1.807) is 24.3 Å². The Bertz CT molecular complexity index is 1170. The number of fused-ring (bicyclic) bond motifs is 2. The number of nitrogens with two attached hydrogens (primary N) is 1. The van der Waals surface area contributed by atoms with Gasteiger partial charge in [0.05, 0.1) is 13.7 Å². The Morgan fingerprint density at radius 2 is 2.14 bits per heavy atom. The van der Waals surface area contributed by atoms with Gasteiger partial charge in [0.1, 0.15) is 36.2 Å². The molecule has 2 saturated heterocycles. The maximum atomic E-state index is 10.2. The Morgan fingerprint density at radius 3 is 2.86 bits per heavy atom. The van der Waals surface area contributed by atoms with Crippen molar-refractivity contribution in [2.45, 2.75) is 30.2 Å². The Balaban J connectivity index is 1.62. The van der Waals surface area contributed by atoms with Crippen LogP contribution in [0.3, 0.4) is 0 Å². The van der Waals surface area contributed by atoms with E-state index in [1.807, 2.05) is 0 Å². The van der Waals surface area contributed by atoms with Crippen molar-refractivity contribution in [3.63, 3.8) is 0 Å². The van der Waals surface area contributed by atoms with Crippen LogP contribution in [0.25, 0.3) is 5.52 Å². The van der Waals surface area contributed by atoms with Crippen LogP contribution in [-0.2, 0) is 19.8 Å². The number of benzene rings is 1. The Kier molecular flexibility index (Phi) is 3.94. The average molecular weight is 415 g/mol. The van der Waals surface area contributed by atoms with Gasteiger partial charge in [-0.05, 0) is 24.2 Å². The Morgan fingerprint density at radius 1 is 1.34 bits per heavy atom. The van der Waals surface area contributed by atoms with E-state index in [2.05, 4.69) is 16.2 Å². The molecule has 2 fully saturated rings. The molecule has 5 rings (SSSR count). The number of aliphatic hydroxyl groups excluding tert-OH is 1. The van der Waals surface area contributed by atoms with Gasteiger partial charge in [0.15, 0.2) is 12.1 Å². The van der Waals surface area contributed by atoms with E-state index in [0.29, 0.717) is 10.6 Å². The van der Waals surface area contributed by atoms with Gasteiger partial charge < -0.3 is 25.1 Å². The van der Waals surface area contributed by atoms with E-state index < -0.39 is 30.2 Å². The molecule has 0 aliphatic carbocycles. The largest absolute Gasteiger partial charge is 0.394 e. The van der Waals surface area contributed by atoms with E-state index in [4.69, 9.17) is 32.9 Å². The molecule has 2 aromatic heterocycles. The monoisotopic (exact) mass is 414 g/mol. The van der Waals surface area contributed by atoms with Crippen molar-refractivity contribution in [2.24, 2.45) is 0 Å². The van der Waals surface area contributed by atoms with E-state index in [-0.39, 0.29) is 29.7 Å². The zero-order chi connectivity index (χ0) is 21.0. The molecule has 1 unspecified atom stereocenters. The highest BCUT2D eigenvalue weighted by molar-refractivity contribution is 6.30. The third-order valence-corrected chi connectivity index (χ3v) is 5.47. The van der Waals surface area contributed by atoms with Gasteiger partial charge in [-0.25, -0.2) is 9.50 Å². The maximum Gasteiger partial charge on any atom is 0.226 e. The van der Waals surface area contributed by atoms with E-state index in [9.17, 15) is 10.4 Å². The molecule has 0 spiro atoms. The van der Waals surface area contributed by atoms with Gasteiger partial charge in [-0.15, -0.1) is 0 Å². The van der Waals surface area contributed by atoms with Gasteiger partial charge in [0.25, 0.3) is 0 Å². The number of halogens is 1. The molecule has 2 aliphatic heterocycles. The molecule has 0 radical (unpaired) electrons. The summed E-state index contributed by atoms with van der Waals surface area (Å²) in [7, 11) is 0. The number of hydrogen-bond acceptors (Lipinski definition) is 8. The molecule has 0 amide bonds. The van der Waals surface area contributed by atoms with Crippen molar-refractivity contribution in [2.75, 3.05) is 12.3 Å². The minimum absolute atomic E-state index is 0.0403. The quantitative estimate of drug-likeness (QED) is 0.660. The molecule has 3 N–H and O–H groups in total. The zero-order valence-electron chi connectivity index (χ0n) is 15.9. The van der Waals surface area contributed by atoms with Crippen molar-refractivity contribution in [3.8, 4) is 6.07 Å². The van der Waals surface area contributed by atoms with Crippen molar-refractivity contribution >= 4 is 22.9 Å². The minimum atomic E-state index is -1.68. The first-order chi connectivity index (χ1) is 14.5. The summed E-state index contributed by atoms with van der Waals surface area (Å²) in [5.74, 6) is 0.102. The lowest BCUT2D eigenvalue weighted by atomic mass is 9.92. The smallest absolute Gasteiger partial charge is 0.226 e. The number of nitriles is 1. The van der Waals surface area contributed by atoms with Gasteiger partial charge in [0, 0.05) is 10.6 Å². The molecule has 9 nitrogen and oxygen atoms in total. The molecule has 148 valence electrons. The number of aromatic nitrogens is 3. The summed E-state index contributed by atoms with van der Waals surface area (Å²) in [5.41, 5.74) is 5.44. The summed E-state index contributed by atoms with van der Waals surface area (Å²) in [4.78, 5) is 3.91.